The van der Waals surface area contributed by atoms with Crippen LogP contribution in [0, 0.1) is 20.8 Å². The minimum atomic E-state index is -0.108. The fourth-order valence-electron chi connectivity index (χ4n) is 2.30. The van der Waals surface area contributed by atoms with Gasteiger partial charge in [-0.2, -0.15) is 10.2 Å². The highest BCUT2D eigenvalue weighted by atomic mass is 35.5. The summed E-state index contributed by atoms with van der Waals surface area (Å²) in [6.45, 7) is 6.64. The Morgan fingerprint density at radius 3 is 2.36 bits per heavy atom. The third-order valence-electron chi connectivity index (χ3n) is 3.56. The number of nitrogens with one attached hydrogen (secondary N) is 1. The molecule has 0 saturated heterocycles. The van der Waals surface area contributed by atoms with Crippen molar-refractivity contribution < 1.29 is 4.79 Å². The molecule has 0 aliphatic heterocycles. The van der Waals surface area contributed by atoms with E-state index in [9.17, 15) is 4.79 Å². The standard InChI is InChI=1S/C14H19Cl2N5O/c1-8-11(10(3)20(4)18-8)14(22)17-6-5-7-21-13(16)12(15)9(2)19-21/h5-7H2,1-4H3,(H,17,22). The third-order valence-corrected chi connectivity index (χ3v) is 4.50. The molecule has 22 heavy (non-hydrogen) atoms. The molecule has 0 radical (unpaired) electrons. The second-order valence-corrected chi connectivity index (χ2v) is 5.93. The van der Waals surface area contributed by atoms with Gasteiger partial charge in [-0.25, -0.2) is 0 Å². The van der Waals surface area contributed by atoms with E-state index in [2.05, 4.69) is 15.5 Å². The van der Waals surface area contributed by atoms with E-state index in [0.29, 0.717) is 40.9 Å². The molecule has 8 heteroatoms. The number of hydrogen-bond donors (Lipinski definition) is 1. The monoisotopic (exact) mass is 343 g/mol. The van der Waals surface area contributed by atoms with Crippen LogP contribution in [-0.4, -0.2) is 32.0 Å². The van der Waals surface area contributed by atoms with Gasteiger partial charge in [0.1, 0.15) is 10.2 Å². The Balaban J connectivity index is 1.88. The van der Waals surface area contributed by atoms with Gasteiger partial charge in [-0.3, -0.25) is 14.2 Å². The van der Waals surface area contributed by atoms with E-state index in [0.717, 1.165) is 11.4 Å². The van der Waals surface area contributed by atoms with Crippen LogP contribution in [0.15, 0.2) is 0 Å². The fraction of sp³-hybridized carbons (Fsp3) is 0.500. The maximum atomic E-state index is 12.2. The third kappa shape index (κ3) is 3.28. The van der Waals surface area contributed by atoms with Crippen molar-refractivity contribution >= 4 is 29.1 Å². The van der Waals surface area contributed by atoms with Crippen molar-refractivity contribution in [1.29, 1.82) is 0 Å². The van der Waals surface area contributed by atoms with Gasteiger partial charge in [-0.15, -0.1) is 0 Å². The highest BCUT2D eigenvalue weighted by Crippen LogP contribution is 2.24. The SMILES string of the molecule is Cc1nn(CCCNC(=O)c2c(C)nn(C)c2C)c(Cl)c1Cl. The minimum absolute atomic E-state index is 0.108. The van der Waals surface area contributed by atoms with Crippen molar-refractivity contribution in [2.24, 2.45) is 7.05 Å². The Hall–Kier alpha value is -1.53. The molecule has 0 saturated carbocycles. The van der Waals surface area contributed by atoms with Crippen molar-refractivity contribution in [2.75, 3.05) is 6.54 Å². The zero-order valence-corrected chi connectivity index (χ0v) is 14.6. The Morgan fingerprint density at radius 1 is 1.18 bits per heavy atom. The van der Waals surface area contributed by atoms with E-state index in [-0.39, 0.29) is 5.91 Å². The summed E-state index contributed by atoms with van der Waals surface area (Å²) in [7, 11) is 1.82. The van der Waals surface area contributed by atoms with Crippen molar-refractivity contribution in [3.8, 4) is 0 Å². The van der Waals surface area contributed by atoms with Gasteiger partial charge in [0.25, 0.3) is 5.91 Å². The average molecular weight is 344 g/mol. The van der Waals surface area contributed by atoms with Gasteiger partial charge in [0.05, 0.1) is 17.0 Å². The number of halogens is 2. The van der Waals surface area contributed by atoms with E-state index in [1.807, 2.05) is 20.9 Å². The fourth-order valence-corrected chi connectivity index (χ4v) is 2.70. The highest BCUT2D eigenvalue weighted by molar-refractivity contribution is 6.41. The molecule has 2 aromatic rings. The van der Waals surface area contributed by atoms with Gasteiger partial charge in [0.15, 0.2) is 0 Å². The van der Waals surface area contributed by atoms with Crippen LogP contribution in [0.5, 0.6) is 0 Å². The number of aryl methyl sites for hydroxylation is 4. The lowest BCUT2D eigenvalue weighted by Gasteiger charge is -2.06. The Kier molecular flexibility index (Phi) is 5.13. The topological polar surface area (TPSA) is 64.7 Å². The maximum Gasteiger partial charge on any atom is 0.255 e. The molecule has 0 unspecified atom stereocenters. The molecule has 0 aliphatic rings. The van der Waals surface area contributed by atoms with E-state index in [1.165, 1.54) is 0 Å². The van der Waals surface area contributed by atoms with Gasteiger partial charge in [-0.05, 0) is 27.2 Å². The van der Waals surface area contributed by atoms with Crippen LogP contribution in [0.3, 0.4) is 0 Å². The van der Waals surface area contributed by atoms with Crippen LogP contribution in [0.1, 0.15) is 33.9 Å². The number of nitrogens with zero attached hydrogens (tertiary/aromatic N) is 4. The highest BCUT2D eigenvalue weighted by Gasteiger charge is 2.17. The number of carbonyl (C=O) groups is 1. The van der Waals surface area contributed by atoms with Gasteiger partial charge < -0.3 is 5.32 Å². The van der Waals surface area contributed by atoms with Crippen LogP contribution in [0.4, 0.5) is 0 Å². The van der Waals surface area contributed by atoms with Crippen molar-refractivity contribution in [1.82, 2.24) is 24.9 Å². The number of aromatic nitrogens is 4. The first-order valence-corrected chi connectivity index (χ1v) is 7.75. The normalized spacial score (nSPS) is 11.0. The molecule has 6 nitrogen and oxygen atoms in total. The van der Waals surface area contributed by atoms with Crippen molar-refractivity contribution in [3.05, 3.63) is 32.8 Å². The van der Waals surface area contributed by atoms with Crippen LogP contribution in [0.2, 0.25) is 10.2 Å². The van der Waals surface area contributed by atoms with E-state index in [1.54, 1.807) is 16.3 Å². The molecule has 0 aromatic carbocycles. The summed E-state index contributed by atoms with van der Waals surface area (Å²) in [6.07, 6.45) is 0.710. The smallest absolute Gasteiger partial charge is 0.255 e. The van der Waals surface area contributed by atoms with Gasteiger partial charge in [0, 0.05) is 25.8 Å². The predicted octanol–water partition coefficient (Wildman–Crippen LogP) is 2.67. The first-order valence-electron chi connectivity index (χ1n) is 6.99. The number of hydrogen-bond acceptors (Lipinski definition) is 3. The van der Waals surface area contributed by atoms with Crippen LogP contribution < -0.4 is 5.32 Å². The van der Waals surface area contributed by atoms with Crippen LogP contribution >= 0.6 is 23.2 Å². The molecule has 0 aliphatic carbocycles. The molecular weight excluding hydrogens is 325 g/mol. The van der Waals surface area contributed by atoms with Crippen molar-refractivity contribution in [2.45, 2.75) is 33.7 Å². The summed E-state index contributed by atoms with van der Waals surface area (Å²) in [4.78, 5) is 12.2. The molecule has 0 spiro atoms. The molecule has 2 aromatic heterocycles. The number of carbonyl (C=O) groups excluding carboxylic acids is 1. The molecule has 120 valence electrons. The Bertz CT molecular complexity index is 705. The maximum absolute atomic E-state index is 12.2. The predicted molar refractivity (Wildman–Crippen MR) is 86.6 cm³/mol. The summed E-state index contributed by atoms with van der Waals surface area (Å²) in [6, 6.07) is 0. The van der Waals surface area contributed by atoms with E-state index >= 15 is 0 Å². The first kappa shape index (κ1) is 16.8. The summed E-state index contributed by atoms with van der Waals surface area (Å²) >= 11 is 12.1. The number of amides is 1. The zero-order valence-electron chi connectivity index (χ0n) is 13.1. The lowest BCUT2D eigenvalue weighted by molar-refractivity contribution is 0.0951. The molecule has 0 atom stereocenters. The van der Waals surface area contributed by atoms with Gasteiger partial charge in [-0.1, -0.05) is 23.2 Å². The average Bonchev–Trinajstić information content (AvgIpc) is 2.85. The molecule has 1 amide bonds. The molecular formula is C14H19Cl2N5O. The van der Waals surface area contributed by atoms with E-state index in [4.69, 9.17) is 23.2 Å². The molecule has 0 bridgehead atoms. The van der Waals surface area contributed by atoms with Gasteiger partial charge in [0.2, 0.25) is 0 Å². The number of rotatable bonds is 5. The van der Waals surface area contributed by atoms with Gasteiger partial charge >= 0.3 is 0 Å². The second-order valence-electron chi connectivity index (χ2n) is 5.19. The molecule has 1 N–H and O–H groups in total. The largest absolute Gasteiger partial charge is 0.352 e. The quantitative estimate of drug-likeness (QED) is 0.848. The molecule has 2 rings (SSSR count). The molecule has 2 heterocycles. The Morgan fingerprint density at radius 2 is 1.86 bits per heavy atom. The summed E-state index contributed by atoms with van der Waals surface area (Å²) < 4.78 is 3.35. The van der Waals surface area contributed by atoms with Crippen molar-refractivity contribution in [3.63, 3.8) is 0 Å². The van der Waals surface area contributed by atoms with E-state index < -0.39 is 0 Å². The second kappa shape index (κ2) is 6.71. The van der Waals surface area contributed by atoms with Crippen LogP contribution in [-0.2, 0) is 13.6 Å². The lowest BCUT2D eigenvalue weighted by atomic mass is 10.2. The molecule has 0 fully saturated rings. The minimum Gasteiger partial charge on any atom is -0.352 e. The Labute approximate surface area is 139 Å². The first-order chi connectivity index (χ1) is 10.3. The summed E-state index contributed by atoms with van der Waals surface area (Å²) in [5.74, 6) is -0.108. The zero-order chi connectivity index (χ0) is 16.4. The van der Waals surface area contributed by atoms with Crippen LogP contribution in [0.25, 0.3) is 0 Å². The summed E-state index contributed by atoms with van der Waals surface area (Å²) in [5, 5.41) is 12.3. The lowest BCUT2D eigenvalue weighted by Crippen LogP contribution is -2.26. The summed E-state index contributed by atoms with van der Waals surface area (Å²) in [5.41, 5.74) is 2.93.